The SMILES string of the molecule is CC(C)(C1CC1)n1cncc1-c1cccc2c1NCC2. The average Bonchev–Trinajstić information content (AvgIpc) is 3.01. The lowest BCUT2D eigenvalue weighted by Crippen LogP contribution is -2.28. The maximum atomic E-state index is 4.44. The number of anilines is 1. The summed E-state index contributed by atoms with van der Waals surface area (Å²) in [5.74, 6) is 0.792. The van der Waals surface area contributed by atoms with Crippen LogP contribution in [0.5, 0.6) is 0 Å². The van der Waals surface area contributed by atoms with Gasteiger partial charge in [-0.2, -0.15) is 0 Å². The number of rotatable bonds is 3. The number of hydrogen-bond donors (Lipinski definition) is 1. The van der Waals surface area contributed by atoms with E-state index in [-0.39, 0.29) is 5.54 Å². The number of aromatic nitrogens is 2. The number of hydrogen-bond acceptors (Lipinski definition) is 2. The van der Waals surface area contributed by atoms with E-state index in [4.69, 9.17) is 0 Å². The molecule has 20 heavy (non-hydrogen) atoms. The fraction of sp³-hybridized carbons (Fsp3) is 0.471. The lowest BCUT2D eigenvalue weighted by Gasteiger charge is -2.29. The molecule has 1 fully saturated rings. The fourth-order valence-corrected chi connectivity index (χ4v) is 3.49. The first kappa shape index (κ1) is 12.0. The van der Waals surface area contributed by atoms with Gasteiger partial charge in [0.1, 0.15) is 0 Å². The van der Waals surface area contributed by atoms with Gasteiger partial charge in [0.15, 0.2) is 0 Å². The number of imidazole rings is 1. The van der Waals surface area contributed by atoms with E-state index in [0.717, 1.165) is 18.9 Å². The van der Waals surface area contributed by atoms with Crippen molar-refractivity contribution in [2.24, 2.45) is 5.92 Å². The summed E-state index contributed by atoms with van der Waals surface area (Å²) in [5, 5.41) is 3.54. The molecule has 1 saturated carbocycles. The molecule has 0 amide bonds. The Labute approximate surface area is 120 Å². The Kier molecular flexibility index (Phi) is 2.47. The van der Waals surface area contributed by atoms with Crippen LogP contribution in [0, 0.1) is 5.92 Å². The van der Waals surface area contributed by atoms with Gasteiger partial charge in [0, 0.05) is 23.3 Å². The highest BCUT2D eigenvalue weighted by molar-refractivity contribution is 5.80. The Bertz CT molecular complexity index is 650. The van der Waals surface area contributed by atoms with E-state index in [1.165, 1.54) is 35.3 Å². The van der Waals surface area contributed by atoms with Crippen LogP contribution >= 0.6 is 0 Å². The largest absolute Gasteiger partial charge is 0.384 e. The van der Waals surface area contributed by atoms with Crippen molar-refractivity contribution in [3.63, 3.8) is 0 Å². The van der Waals surface area contributed by atoms with Gasteiger partial charge >= 0.3 is 0 Å². The number of nitrogens with one attached hydrogen (secondary N) is 1. The maximum Gasteiger partial charge on any atom is 0.0956 e. The first-order valence-corrected chi connectivity index (χ1v) is 7.57. The van der Waals surface area contributed by atoms with E-state index in [9.17, 15) is 0 Å². The standard InChI is InChI=1S/C17H21N3/c1-17(2,13-6-7-13)20-11-18-10-15(20)14-5-3-4-12-8-9-19-16(12)14/h3-5,10-11,13,19H,6-9H2,1-2H3. The molecule has 1 aliphatic carbocycles. The number of benzene rings is 1. The van der Waals surface area contributed by atoms with Gasteiger partial charge in [-0.1, -0.05) is 18.2 Å². The molecule has 1 N–H and O–H groups in total. The van der Waals surface area contributed by atoms with Gasteiger partial charge in [-0.05, 0) is 44.6 Å². The predicted molar refractivity (Wildman–Crippen MR) is 81.9 cm³/mol. The van der Waals surface area contributed by atoms with E-state index >= 15 is 0 Å². The Morgan fingerprint density at radius 2 is 2.15 bits per heavy atom. The Morgan fingerprint density at radius 3 is 2.95 bits per heavy atom. The zero-order valence-electron chi connectivity index (χ0n) is 12.2. The second kappa shape index (κ2) is 4.11. The highest BCUT2D eigenvalue weighted by Crippen LogP contribution is 2.46. The molecule has 2 aromatic rings. The minimum atomic E-state index is 0.160. The van der Waals surface area contributed by atoms with Gasteiger partial charge < -0.3 is 9.88 Å². The smallest absolute Gasteiger partial charge is 0.0956 e. The van der Waals surface area contributed by atoms with Crippen molar-refractivity contribution in [3.8, 4) is 11.3 Å². The lowest BCUT2D eigenvalue weighted by atomic mass is 9.96. The van der Waals surface area contributed by atoms with Crippen LogP contribution in [0.15, 0.2) is 30.7 Å². The molecule has 1 aliphatic heterocycles. The molecule has 2 heterocycles. The van der Waals surface area contributed by atoms with Crippen LogP contribution in [0.2, 0.25) is 0 Å². The topological polar surface area (TPSA) is 29.9 Å². The van der Waals surface area contributed by atoms with Gasteiger partial charge in [-0.15, -0.1) is 0 Å². The van der Waals surface area contributed by atoms with Crippen LogP contribution in [0.25, 0.3) is 11.3 Å². The molecule has 3 heteroatoms. The summed E-state index contributed by atoms with van der Waals surface area (Å²) in [6.45, 7) is 5.73. The summed E-state index contributed by atoms with van der Waals surface area (Å²) in [6, 6.07) is 6.61. The molecule has 1 aromatic carbocycles. The number of fused-ring (bicyclic) bond motifs is 1. The summed E-state index contributed by atoms with van der Waals surface area (Å²) >= 11 is 0. The molecule has 2 aliphatic rings. The zero-order chi connectivity index (χ0) is 13.7. The van der Waals surface area contributed by atoms with Gasteiger partial charge in [0.25, 0.3) is 0 Å². The molecule has 3 nitrogen and oxygen atoms in total. The van der Waals surface area contributed by atoms with E-state index in [1.807, 2.05) is 12.5 Å². The van der Waals surface area contributed by atoms with Crippen LogP contribution in [0.3, 0.4) is 0 Å². The van der Waals surface area contributed by atoms with Crippen molar-refractivity contribution >= 4 is 5.69 Å². The Morgan fingerprint density at radius 1 is 1.30 bits per heavy atom. The van der Waals surface area contributed by atoms with E-state index < -0.39 is 0 Å². The molecule has 0 atom stereocenters. The first-order chi connectivity index (χ1) is 9.68. The van der Waals surface area contributed by atoms with Gasteiger partial charge in [0.05, 0.1) is 18.2 Å². The van der Waals surface area contributed by atoms with Crippen LogP contribution in [0.4, 0.5) is 5.69 Å². The highest BCUT2D eigenvalue weighted by Gasteiger charge is 2.40. The summed E-state index contributed by atoms with van der Waals surface area (Å²) in [6.07, 6.45) is 7.83. The minimum Gasteiger partial charge on any atom is -0.384 e. The minimum absolute atomic E-state index is 0.160. The fourth-order valence-electron chi connectivity index (χ4n) is 3.49. The molecule has 0 radical (unpaired) electrons. The molecule has 1 aromatic heterocycles. The van der Waals surface area contributed by atoms with E-state index in [2.05, 4.69) is 46.9 Å². The summed E-state index contributed by atoms with van der Waals surface area (Å²) in [4.78, 5) is 4.44. The quantitative estimate of drug-likeness (QED) is 0.919. The molecular weight excluding hydrogens is 246 g/mol. The summed E-state index contributed by atoms with van der Waals surface area (Å²) < 4.78 is 2.38. The highest BCUT2D eigenvalue weighted by atomic mass is 15.1. The van der Waals surface area contributed by atoms with Crippen molar-refractivity contribution < 1.29 is 0 Å². The van der Waals surface area contributed by atoms with Crippen LogP contribution in [0.1, 0.15) is 32.3 Å². The summed E-state index contributed by atoms with van der Waals surface area (Å²) in [7, 11) is 0. The molecule has 0 unspecified atom stereocenters. The van der Waals surface area contributed by atoms with Gasteiger partial charge in [0.2, 0.25) is 0 Å². The number of para-hydroxylation sites is 1. The zero-order valence-corrected chi connectivity index (χ0v) is 12.2. The predicted octanol–water partition coefficient (Wildman–Crippen LogP) is 3.66. The number of nitrogens with zero attached hydrogens (tertiary/aromatic N) is 2. The molecular formula is C17H21N3. The Balaban J connectivity index is 1.85. The second-order valence-corrected chi connectivity index (χ2v) is 6.59. The maximum absolute atomic E-state index is 4.44. The van der Waals surface area contributed by atoms with Crippen molar-refractivity contribution in [1.29, 1.82) is 0 Å². The van der Waals surface area contributed by atoms with E-state index in [1.54, 1.807) is 0 Å². The molecule has 104 valence electrons. The first-order valence-electron chi connectivity index (χ1n) is 7.57. The molecule has 0 bridgehead atoms. The third kappa shape index (κ3) is 1.69. The third-order valence-corrected chi connectivity index (χ3v) is 4.96. The third-order valence-electron chi connectivity index (χ3n) is 4.96. The van der Waals surface area contributed by atoms with Gasteiger partial charge in [-0.3, -0.25) is 0 Å². The monoisotopic (exact) mass is 267 g/mol. The van der Waals surface area contributed by atoms with Crippen molar-refractivity contribution in [1.82, 2.24) is 9.55 Å². The molecule has 0 saturated heterocycles. The second-order valence-electron chi connectivity index (χ2n) is 6.59. The van der Waals surface area contributed by atoms with Gasteiger partial charge in [-0.25, -0.2) is 4.98 Å². The average molecular weight is 267 g/mol. The Hall–Kier alpha value is -1.77. The van der Waals surface area contributed by atoms with Crippen molar-refractivity contribution in [2.75, 3.05) is 11.9 Å². The summed E-state index contributed by atoms with van der Waals surface area (Å²) in [5.41, 5.74) is 5.44. The normalized spacial score (nSPS) is 17.9. The van der Waals surface area contributed by atoms with Crippen LogP contribution < -0.4 is 5.32 Å². The molecule has 0 spiro atoms. The van der Waals surface area contributed by atoms with E-state index in [0.29, 0.717) is 0 Å². The lowest BCUT2D eigenvalue weighted by molar-refractivity contribution is 0.307. The van der Waals surface area contributed by atoms with Crippen molar-refractivity contribution in [2.45, 2.75) is 38.6 Å². The van der Waals surface area contributed by atoms with Crippen molar-refractivity contribution in [3.05, 3.63) is 36.3 Å². The van der Waals surface area contributed by atoms with Crippen LogP contribution in [-0.2, 0) is 12.0 Å². The molecule has 4 rings (SSSR count). The van der Waals surface area contributed by atoms with Crippen LogP contribution in [-0.4, -0.2) is 16.1 Å².